The topological polar surface area (TPSA) is 140 Å². The largest absolute Gasteiger partial charge is 0.394 e. The molecule has 0 aromatic rings. The minimum absolute atomic E-state index is 0. The van der Waals surface area contributed by atoms with Crippen molar-refractivity contribution in [3.63, 3.8) is 0 Å². The Balaban J connectivity index is -0.000000281. The molecule has 0 amide bonds. The van der Waals surface area contributed by atoms with Crippen molar-refractivity contribution in [2.45, 2.75) is 29.9 Å². The summed E-state index contributed by atoms with van der Waals surface area (Å²) in [6.45, 7) is -0.486. The number of rotatable bonds is 2. The van der Waals surface area contributed by atoms with Crippen LogP contribution >= 0.6 is 11.8 Å². The number of thioether (sulfide) groups is 1. The fraction of sp³-hybridized carbons (Fsp3) is 0.857. The molecule has 7 nitrogen and oxygen atoms in total. The van der Waals surface area contributed by atoms with Crippen molar-refractivity contribution in [3.8, 4) is 0 Å². The molecule has 1 aliphatic rings. The second-order valence-electron chi connectivity index (χ2n) is 3.18. The summed E-state index contributed by atoms with van der Waals surface area (Å²) in [5, 5.41) is 43.8. The molecule has 1 fully saturated rings. The minimum Gasteiger partial charge on any atom is -0.394 e. The SMILES string of the molecule is N=C(N)SC1OC(CO)C(O)C(O)C1O.[Ac].[Ac].[Ac].[Ac]. The summed E-state index contributed by atoms with van der Waals surface area (Å²) < 4.78 is 5.07. The van der Waals surface area contributed by atoms with E-state index in [0.29, 0.717) is 11.8 Å². The molecule has 1 saturated heterocycles. The van der Waals surface area contributed by atoms with E-state index >= 15 is 0 Å². The van der Waals surface area contributed by atoms with E-state index in [1.807, 2.05) is 0 Å². The summed E-state index contributed by atoms with van der Waals surface area (Å²) >= 11 is 0.715. The van der Waals surface area contributed by atoms with Gasteiger partial charge in [-0.2, -0.15) is 0 Å². The van der Waals surface area contributed by atoms with Crippen LogP contribution in [0, 0.1) is 182 Å². The fourth-order valence-corrected chi connectivity index (χ4v) is 2.04. The van der Waals surface area contributed by atoms with Gasteiger partial charge in [0.15, 0.2) is 5.17 Å². The number of ether oxygens (including phenoxy) is 1. The monoisotopic (exact) mass is 1150 g/mol. The molecule has 0 aliphatic carbocycles. The van der Waals surface area contributed by atoms with E-state index in [1.165, 1.54) is 0 Å². The van der Waals surface area contributed by atoms with Gasteiger partial charge in [-0.25, -0.2) is 0 Å². The Morgan fingerprint density at radius 3 is 1.89 bits per heavy atom. The number of amidine groups is 1. The standard InChI is InChI=1S/C7H14N2O5S.4Ac/c8-7(9)15-6-5(13)4(12)3(11)2(1-10)14-6;;;;/h2-6,10-13H,1H2,(H3,8,9);;;;. The molecule has 12 heteroatoms. The first kappa shape index (κ1) is 32.1. The molecule has 5 unspecified atom stereocenters. The van der Waals surface area contributed by atoms with E-state index in [1.54, 1.807) is 0 Å². The van der Waals surface area contributed by atoms with Crippen LogP contribution in [0.15, 0.2) is 0 Å². The summed E-state index contributed by atoms with van der Waals surface area (Å²) in [4.78, 5) is 0. The zero-order chi connectivity index (χ0) is 11.6. The van der Waals surface area contributed by atoms with Crippen LogP contribution in [-0.2, 0) is 4.74 Å². The molecule has 0 spiro atoms. The van der Waals surface area contributed by atoms with E-state index in [2.05, 4.69) is 0 Å². The molecule has 1 heterocycles. The van der Waals surface area contributed by atoms with E-state index in [-0.39, 0.29) is 181 Å². The van der Waals surface area contributed by atoms with Crippen LogP contribution in [0.4, 0.5) is 0 Å². The van der Waals surface area contributed by atoms with Gasteiger partial charge >= 0.3 is 0 Å². The number of nitrogens with two attached hydrogens (primary N) is 1. The van der Waals surface area contributed by atoms with Gasteiger partial charge in [0.2, 0.25) is 0 Å². The van der Waals surface area contributed by atoms with Crippen LogP contribution in [-0.4, -0.2) is 62.1 Å². The maximum atomic E-state index is 9.48. The molecule has 0 aromatic heterocycles. The van der Waals surface area contributed by atoms with Gasteiger partial charge in [-0.05, 0) is 0 Å². The molecule has 4 radical (unpaired) electrons. The van der Waals surface area contributed by atoms with Crippen molar-refractivity contribution >= 4 is 16.9 Å². The summed E-state index contributed by atoms with van der Waals surface area (Å²) in [6, 6.07) is 0. The number of hydrogen-bond acceptors (Lipinski definition) is 7. The second-order valence-corrected chi connectivity index (χ2v) is 4.32. The van der Waals surface area contributed by atoms with E-state index in [4.69, 9.17) is 21.0 Å². The fourth-order valence-electron chi connectivity index (χ4n) is 1.29. The van der Waals surface area contributed by atoms with Crippen LogP contribution in [0.1, 0.15) is 0 Å². The first-order valence-corrected chi connectivity index (χ1v) is 5.16. The number of nitrogens with one attached hydrogen (secondary N) is 1. The molecule has 19 heavy (non-hydrogen) atoms. The van der Waals surface area contributed by atoms with Gasteiger partial charge in [0.05, 0.1) is 6.61 Å². The molecule has 0 saturated carbocycles. The Kier molecular flexibility index (Phi) is 28.4. The zero-order valence-electron chi connectivity index (χ0n) is 10.1. The van der Waals surface area contributed by atoms with Gasteiger partial charge in [-0.1, -0.05) is 11.8 Å². The summed E-state index contributed by atoms with van der Waals surface area (Å²) in [7, 11) is 0. The van der Waals surface area contributed by atoms with Gasteiger partial charge in [-0.15, -0.1) is 0 Å². The number of aliphatic hydroxyl groups is 4. The molecule has 0 aromatic carbocycles. The third-order valence-corrected chi connectivity index (χ3v) is 2.97. The van der Waals surface area contributed by atoms with Gasteiger partial charge in [0.25, 0.3) is 0 Å². The molecule has 0 bridgehead atoms. The molecular weight excluding hydrogens is 1130 g/mol. The van der Waals surface area contributed by atoms with Crippen LogP contribution < -0.4 is 5.73 Å². The maximum Gasteiger partial charge on any atom is 0.153 e. The van der Waals surface area contributed by atoms with Crippen molar-refractivity contribution < 1.29 is 201 Å². The first-order chi connectivity index (χ1) is 6.97. The Labute approximate surface area is 259 Å². The van der Waals surface area contributed by atoms with Crippen LogP contribution in [0.2, 0.25) is 0 Å². The quantitative estimate of drug-likeness (QED) is 0.132. The summed E-state index contributed by atoms with van der Waals surface area (Å²) in [5.41, 5.74) is 4.14. The third kappa shape index (κ3) is 10.9. The molecule has 7 N–H and O–H groups in total. The van der Waals surface area contributed by atoms with Crippen molar-refractivity contribution in [1.29, 1.82) is 5.41 Å². The van der Waals surface area contributed by atoms with Crippen molar-refractivity contribution in [3.05, 3.63) is 0 Å². The van der Waals surface area contributed by atoms with Gasteiger partial charge in [0.1, 0.15) is 29.9 Å². The Bertz CT molecular complexity index is 254. The molecule has 1 rings (SSSR count). The Hall–Kier alpha value is 5.39. The van der Waals surface area contributed by atoms with Crippen LogP contribution in [0.5, 0.6) is 0 Å². The Morgan fingerprint density at radius 2 is 1.53 bits per heavy atom. The summed E-state index contributed by atoms with van der Waals surface area (Å²) in [5.74, 6) is 0. The smallest absolute Gasteiger partial charge is 0.153 e. The molecule has 5 atom stereocenters. The van der Waals surface area contributed by atoms with Gasteiger partial charge in [-0.3, -0.25) is 5.41 Å². The second kappa shape index (κ2) is 16.8. The number of hydrogen-bond donors (Lipinski definition) is 6. The van der Waals surface area contributed by atoms with Crippen molar-refractivity contribution in [1.82, 2.24) is 0 Å². The first-order valence-electron chi connectivity index (χ1n) is 4.28. The van der Waals surface area contributed by atoms with Crippen LogP contribution in [0.25, 0.3) is 0 Å². The predicted octanol–water partition coefficient (Wildman–Crippen LogP) is -2.59. The Morgan fingerprint density at radius 1 is 1.05 bits per heavy atom. The van der Waals surface area contributed by atoms with Crippen LogP contribution in [0.3, 0.4) is 0 Å². The average Bonchev–Trinajstić information content (AvgIpc) is 2.18. The summed E-state index contributed by atoms with van der Waals surface area (Å²) in [6.07, 6.45) is -5.11. The molecule has 100 valence electrons. The third-order valence-electron chi connectivity index (χ3n) is 2.09. The number of aliphatic hydroxyl groups excluding tert-OH is 4. The average molecular weight is 1150 g/mol. The minimum atomic E-state index is -1.42. The predicted molar refractivity (Wildman–Crippen MR) is 53.3 cm³/mol. The maximum absolute atomic E-state index is 9.48. The van der Waals surface area contributed by atoms with Crippen molar-refractivity contribution in [2.75, 3.05) is 6.61 Å². The normalized spacial score (nSPS) is 32.7. The van der Waals surface area contributed by atoms with E-state index < -0.39 is 36.5 Å². The van der Waals surface area contributed by atoms with Crippen molar-refractivity contribution in [2.24, 2.45) is 5.73 Å². The van der Waals surface area contributed by atoms with E-state index in [9.17, 15) is 15.3 Å². The molecule has 1 aliphatic heterocycles. The van der Waals surface area contributed by atoms with Gasteiger partial charge in [0, 0.05) is 176 Å². The zero-order valence-corrected chi connectivity index (χ0v) is 29.9. The molecular formula is C7H14Ac4N2O5S. The van der Waals surface area contributed by atoms with E-state index in [0.717, 1.165) is 0 Å². The van der Waals surface area contributed by atoms with Gasteiger partial charge < -0.3 is 30.9 Å².